The molecule has 0 saturated carbocycles. The number of nitrogens with zero attached hydrogens (tertiary/aromatic N) is 5. The van der Waals surface area contributed by atoms with Crippen molar-refractivity contribution in [2.75, 3.05) is 10.6 Å². The Kier molecular flexibility index (Phi) is 4.97. The number of halogens is 1. The molecule has 9 heteroatoms. The van der Waals surface area contributed by atoms with Gasteiger partial charge in [-0.2, -0.15) is 10.1 Å². The van der Waals surface area contributed by atoms with Crippen LogP contribution in [-0.2, 0) is 13.1 Å². The van der Waals surface area contributed by atoms with Crippen LogP contribution >= 0.6 is 11.6 Å². The lowest BCUT2D eigenvalue weighted by atomic mass is 10.2. The van der Waals surface area contributed by atoms with Crippen LogP contribution in [0.2, 0.25) is 5.02 Å². The minimum atomic E-state index is 0.422. The van der Waals surface area contributed by atoms with Crippen LogP contribution in [0, 0.1) is 0 Å². The number of benzene rings is 1. The molecule has 0 amide bonds. The summed E-state index contributed by atoms with van der Waals surface area (Å²) in [5, 5.41) is 11.1. The molecule has 0 saturated heterocycles. The van der Waals surface area contributed by atoms with Crippen molar-refractivity contribution in [1.29, 1.82) is 0 Å². The van der Waals surface area contributed by atoms with E-state index in [1.807, 2.05) is 36.5 Å². The Labute approximate surface area is 160 Å². The lowest BCUT2D eigenvalue weighted by Crippen LogP contribution is -2.05. The van der Waals surface area contributed by atoms with E-state index in [0.717, 1.165) is 11.3 Å². The van der Waals surface area contributed by atoms with Gasteiger partial charge in [-0.3, -0.25) is 4.68 Å². The summed E-state index contributed by atoms with van der Waals surface area (Å²) in [6.07, 6.45) is 8.19. The molecule has 0 fully saturated rings. The van der Waals surface area contributed by atoms with Gasteiger partial charge in [0, 0.05) is 12.7 Å². The van der Waals surface area contributed by atoms with E-state index in [4.69, 9.17) is 16.0 Å². The number of oxazole rings is 1. The minimum absolute atomic E-state index is 0.422. The molecule has 0 aliphatic carbocycles. The largest absolute Gasteiger partial charge is 0.447 e. The molecular formula is C18H16ClN7O. The van der Waals surface area contributed by atoms with E-state index in [2.05, 4.69) is 30.7 Å². The molecule has 2 N–H and O–H groups in total. The van der Waals surface area contributed by atoms with Gasteiger partial charge in [-0.25, -0.2) is 9.97 Å². The molecule has 4 aromatic rings. The number of hydrogen-bond acceptors (Lipinski definition) is 7. The minimum Gasteiger partial charge on any atom is -0.447 e. The van der Waals surface area contributed by atoms with Crippen LogP contribution in [0.4, 0.5) is 17.5 Å². The summed E-state index contributed by atoms with van der Waals surface area (Å²) in [6.45, 7) is 1.06. The fraction of sp³-hybridized carbons (Fsp3) is 0.111. The van der Waals surface area contributed by atoms with Crippen LogP contribution in [0.1, 0.15) is 11.5 Å². The Morgan fingerprint density at radius 1 is 1.11 bits per heavy atom. The van der Waals surface area contributed by atoms with Crippen molar-refractivity contribution in [3.05, 3.63) is 77.9 Å². The summed E-state index contributed by atoms with van der Waals surface area (Å²) in [7, 11) is 0. The van der Waals surface area contributed by atoms with Gasteiger partial charge in [0.25, 0.3) is 0 Å². The monoisotopic (exact) mass is 381 g/mol. The van der Waals surface area contributed by atoms with Gasteiger partial charge in [0.05, 0.1) is 24.3 Å². The summed E-state index contributed by atoms with van der Waals surface area (Å²) in [4.78, 5) is 12.7. The molecule has 4 rings (SSSR count). The van der Waals surface area contributed by atoms with E-state index in [9.17, 15) is 0 Å². The summed E-state index contributed by atoms with van der Waals surface area (Å²) < 4.78 is 6.92. The molecule has 3 heterocycles. The van der Waals surface area contributed by atoms with E-state index in [1.54, 1.807) is 23.3 Å². The zero-order valence-corrected chi connectivity index (χ0v) is 15.0. The third-order valence-electron chi connectivity index (χ3n) is 3.72. The third-order valence-corrected chi connectivity index (χ3v) is 3.99. The second-order valence-corrected chi connectivity index (χ2v) is 6.11. The van der Waals surface area contributed by atoms with E-state index in [0.29, 0.717) is 35.8 Å². The first-order chi connectivity index (χ1) is 13.3. The number of hydrogen-bond donors (Lipinski definition) is 2. The average molecular weight is 382 g/mol. The van der Waals surface area contributed by atoms with Gasteiger partial charge in [-0.15, -0.1) is 0 Å². The van der Waals surface area contributed by atoms with Gasteiger partial charge in [-0.05, 0) is 5.56 Å². The molecule has 0 aliphatic rings. The highest BCUT2D eigenvalue weighted by atomic mass is 35.5. The first-order valence-corrected chi connectivity index (χ1v) is 8.62. The standard InChI is InChI=1S/C18H16ClN7O/c19-15-10-22-18(25-17(15)21-8-13-4-2-1-3-5-13)24-14-9-23-26(11-14)12-16-20-6-7-27-16/h1-7,9-11H,8,12H2,(H2,21,22,24,25). The topological polar surface area (TPSA) is 93.7 Å². The predicted molar refractivity (Wildman–Crippen MR) is 102 cm³/mol. The molecule has 0 radical (unpaired) electrons. The number of nitrogens with one attached hydrogen (secondary N) is 2. The summed E-state index contributed by atoms with van der Waals surface area (Å²) in [5.74, 6) is 1.57. The molecule has 3 aromatic heterocycles. The van der Waals surface area contributed by atoms with Gasteiger partial charge in [0.1, 0.15) is 17.8 Å². The maximum absolute atomic E-state index is 6.20. The molecule has 0 aliphatic heterocycles. The van der Waals surface area contributed by atoms with Crippen molar-refractivity contribution >= 4 is 29.1 Å². The second kappa shape index (κ2) is 7.88. The van der Waals surface area contributed by atoms with Crippen molar-refractivity contribution in [3.8, 4) is 0 Å². The van der Waals surface area contributed by atoms with E-state index < -0.39 is 0 Å². The Bertz CT molecular complexity index is 1000. The fourth-order valence-corrected chi connectivity index (χ4v) is 2.60. The highest BCUT2D eigenvalue weighted by molar-refractivity contribution is 6.32. The molecule has 0 atom stereocenters. The van der Waals surface area contributed by atoms with Crippen LogP contribution in [0.25, 0.3) is 0 Å². The smallest absolute Gasteiger partial charge is 0.229 e. The van der Waals surface area contributed by atoms with E-state index in [1.165, 1.54) is 6.26 Å². The Balaban J connectivity index is 1.42. The van der Waals surface area contributed by atoms with Crippen LogP contribution in [0.15, 0.2) is 65.8 Å². The molecule has 8 nitrogen and oxygen atoms in total. The maximum atomic E-state index is 6.20. The van der Waals surface area contributed by atoms with Crippen LogP contribution in [0.5, 0.6) is 0 Å². The average Bonchev–Trinajstić information content (AvgIpc) is 3.36. The molecule has 1 aromatic carbocycles. The van der Waals surface area contributed by atoms with Crippen molar-refractivity contribution < 1.29 is 4.42 Å². The van der Waals surface area contributed by atoms with Crippen molar-refractivity contribution in [2.24, 2.45) is 0 Å². The summed E-state index contributed by atoms with van der Waals surface area (Å²) in [5.41, 5.74) is 1.88. The van der Waals surface area contributed by atoms with Gasteiger partial charge >= 0.3 is 0 Å². The number of rotatable bonds is 7. The number of aromatic nitrogens is 5. The van der Waals surface area contributed by atoms with Gasteiger partial charge in [0.2, 0.25) is 11.8 Å². The van der Waals surface area contributed by atoms with E-state index >= 15 is 0 Å². The van der Waals surface area contributed by atoms with Crippen LogP contribution in [-0.4, -0.2) is 24.7 Å². The Morgan fingerprint density at radius 2 is 2.00 bits per heavy atom. The molecule has 0 spiro atoms. The van der Waals surface area contributed by atoms with Crippen LogP contribution in [0.3, 0.4) is 0 Å². The second-order valence-electron chi connectivity index (χ2n) is 5.71. The summed E-state index contributed by atoms with van der Waals surface area (Å²) >= 11 is 6.20. The predicted octanol–water partition coefficient (Wildman–Crippen LogP) is 3.72. The quantitative estimate of drug-likeness (QED) is 0.503. The fourth-order valence-electron chi connectivity index (χ4n) is 2.45. The number of anilines is 3. The molecule has 0 bridgehead atoms. The van der Waals surface area contributed by atoms with Crippen LogP contribution < -0.4 is 10.6 Å². The SMILES string of the molecule is Clc1cnc(Nc2cnn(Cc3ncco3)c2)nc1NCc1ccccc1. The highest BCUT2D eigenvalue weighted by Crippen LogP contribution is 2.22. The van der Waals surface area contributed by atoms with Crippen molar-refractivity contribution in [3.63, 3.8) is 0 Å². The Morgan fingerprint density at radius 3 is 2.81 bits per heavy atom. The van der Waals surface area contributed by atoms with Crippen molar-refractivity contribution in [1.82, 2.24) is 24.7 Å². The van der Waals surface area contributed by atoms with Gasteiger partial charge in [0.15, 0.2) is 5.82 Å². The van der Waals surface area contributed by atoms with E-state index in [-0.39, 0.29) is 0 Å². The first-order valence-electron chi connectivity index (χ1n) is 8.24. The highest BCUT2D eigenvalue weighted by Gasteiger charge is 2.08. The van der Waals surface area contributed by atoms with Gasteiger partial charge in [-0.1, -0.05) is 41.9 Å². The lowest BCUT2D eigenvalue weighted by molar-refractivity contribution is 0.465. The molecular weight excluding hydrogens is 366 g/mol. The molecule has 136 valence electrons. The molecule has 27 heavy (non-hydrogen) atoms. The zero-order valence-electron chi connectivity index (χ0n) is 14.2. The maximum Gasteiger partial charge on any atom is 0.229 e. The first kappa shape index (κ1) is 17.0. The molecule has 0 unspecified atom stereocenters. The lowest BCUT2D eigenvalue weighted by Gasteiger charge is -2.09. The summed E-state index contributed by atoms with van der Waals surface area (Å²) in [6, 6.07) is 10.0. The van der Waals surface area contributed by atoms with Gasteiger partial charge < -0.3 is 15.1 Å². The normalized spacial score (nSPS) is 10.7. The van der Waals surface area contributed by atoms with Crippen molar-refractivity contribution in [2.45, 2.75) is 13.1 Å². The third kappa shape index (κ3) is 4.42. The zero-order chi connectivity index (χ0) is 18.5. The Hall–Kier alpha value is -3.39.